The Bertz CT molecular complexity index is 2660. The molecule has 18 heteroatoms. The fourth-order valence-corrected chi connectivity index (χ4v) is 9.45. The van der Waals surface area contributed by atoms with Gasteiger partial charge in [-0.2, -0.15) is 0 Å². The molecule has 7 rings (SSSR count). The Morgan fingerprint density at radius 1 is 0.740 bits per heavy atom. The summed E-state index contributed by atoms with van der Waals surface area (Å²) in [6.07, 6.45) is 1.28. The summed E-state index contributed by atoms with van der Waals surface area (Å²) in [5, 5.41) is 0. The zero-order valence-corrected chi connectivity index (χ0v) is 47.9. The molecule has 16 nitrogen and oxygen atoms in total. The summed E-state index contributed by atoms with van der Waals surface area (Å²) in [6, 6.07) is 11.9. The first kappa shape index (κ1) is 58.0. The Balaban J connectivity index is 0.00000429. The van der Waals surface area contributed by atoms with E-state index in [1.807, 2.05) is 44.2 Å². The zero-order valence-electron chi connectivity index (χ0n) is 43.9. The number of benzene rings is 1. The molecule has 4 aromatic rings. The van der Waals surface area contributed by atoms with Gasteiger partial charge < -0.3 is 57.3 Å². The second-order valence-corrected chi connectivity index (χ2v) is 17.9. The molecule has 0 saturated carbocycles. The first-order chi connectivity index (χ1) is 35.5. The predicted molar refractivity (Wildman–Crippen MR) is 281 cm³/mol. The number of esters is 1. The van der Waals surface area contributed by atoms with Crippen molar-refractivity contribution in [1.29, 1.82) is 0 Å². The van der Waals surface area contributed by atoms with E-state index in [0.717, 1.165) is 108 Å². The Hall–Kier alpha value is -4.30. The Morgan fingerprint density at radius 2 is 1.32 bits per heavy atom. The fourth-order valence-electron chi connectivity index (χ4n) is 9.45. The third kappa shape index (κ3) is 15.0. The van der Waals surface area contributed by atoms with Crippen LogP contribution < -0.4 is 19.4 Å². The van der Waals surface area contributed by atoms with Crippen LogP contribution in [0.1, 0.15) is 126 Å². The standard InChI is InChI=1S/C55H71N4O12.ClH.In/c1-10-41-33(2)44-31-49-52(37(6)71-32-38-25-39(69-23-21-67-19-17-65-15-13-62-7)27-40(26-38)70-24-22-68-20-18-66-16-14-63-8)35(4)46(57-49)29-45-34(3)42(11-12-51(61)64-9)54(58-45)43-28-50(60)53-36(5)47(59-55(43)53)30-48(41)56-44;;/h25-27,29-31,34,37,42H,10-24,28,32H2,1-9H3,(H-,56,57,58,59,60);1H;/q-1;;+1/p-2/t34-,37?,42-;;/m0../s1. The summed E-state index contributed by atoms with van der Waals surface area (Å²) in [7, 11) is 9.45. The van der Waals surface area contributed by atoms with Gasteiger partial charge >= 0.3 is 37.7 Å². The van der Waals surface area contributed by atoms with Crippen molar-refractivity contribution in [3.63, 3.8) is 0 Å². The van der Waals surface area contributed by atoms with Crippen molar-refractivity contribution < 1.29 is 57.0 Å². The molecule has 5 heterocycles. The average Bonchev–Trinajstić information content (AvgIpc) is 4.15. The first-order valence-corrected chi connectivity index (χ1v) is 29.1. The summed E-state index contributed by atoms with van der Waals surface area (Å²) < 4.78 is 56.7. The number of nitrogens with zero attached hydrogens (tertiary/aromatic N) is 4. The van der Waals surface area contributed by atoms with Gasteiger partial charge in [0.1, 0.15) is 24.7 Å². The number of rotatable bonds is 28. The fraction of sp³-hybridized carbons (Fsp3) is 0.527. The number of aromatic nitrogens is 4. The van der Waals surface area contributed by atoms with Gasteiger partial charge in [-0.05, 0) is 80.5 Å². The maximum absolute atomic E-state index is 13.8. The molecule has 1 unspecified atom stereocenters. The van der Waals surface area contributed by atoms with Crippen LogP contribution in [0.2, 0.25) is 0 Å². The van der Waals surface area contributed by atoms with Crippen LogP contribution in [0.5, 0.6) is 11.5 Å². The second-order valence-electron chi connectivity index (χ2n) is 17.9. The van der Waals surface area contributed by atoms with Crippen LogP contribution in [0.25, 0.3) is 33.2 Å². The van der Waals surface area contributed by atoms with E-state index in [1.54, 1.807) is 14.2 Å². The number of hydrogen-bond donors (Lipinski definition) is 0. The summed E-state index contributed by atoms with van der Waals surface area (Å²) in [4.78, 5) is 47.2. The van der Waals surface area contributed by atoms with Crippen LogP contribution >= 0.6 is 8.58 Å². The van der Waals surface area contributed by atoms with Gasteiger partial charge in [0.15, 0.2) is 5.78 Å². The van der Waals surface area contributed by atoms with Gasteiger partial charge in [0.25, 0.3) is 0 Å². The van der Waals surface area contributed by atoms with E-state index in [4.69, 9.17) is 75.9 Å². The van der Waals surface area contributed by atoms with Gasteiger partial charge in [0.05, 0.1) is 97.3 Å². The van der Waals surface area contributed by atoms with E-state index in [-0.39, 0.29) is 43.0 Å². The van der Waals surface area contributed by atoms with E-state index >= 15 is 0 Å². The second kappa shape index (κ2) is 29.1. The van der Waals surface area contributed by atoms with Crippen molar-refractivity contribution >= 4 is 76.7 Å². The normalized spacial score (nSPS) is 15.4. The molecule has 0 fully saturated rings. The van der Waals surface area contributed by atoms with Crippen LogP contribution in [0, 0.1) is 13.8 Å². The average molecular weight is 1130 g/mol. The number of hydrogen-bond acceptors (Lipinski definition) is 14. The van der Waals surface area contributed by atoms with E-state index < -0.39 is 6.10 Å². The molecule has 0 amide bonds. The summed E-state index contributed by atoms with van der Waals surface area (Å²) in [5.74, 6) is 0.741. The molecule has 2 aliphatic heterocycles. The predicted octanol–water partition coefficient (Wildman–Crippen LogP) is 8.81. The van der Waals surface area contributed by atoms with Gasteiger partial charge in [-0.1, -0.05) is 43.2 Å². The van der Waals surface area contributed by atoms with Crippen molar-refractivity contribution in [3.8, 4) is 11.5 Å². The number of allylic oxidation sites excluding steroid dienone is 2. The molecule has 394 valence electrons. The van der Waals surface area contributed by atoms with Gasteiger partial charge in [0, 0.05) is 61.9 Å². The minimum atomic E-state index is -0.413. The Morgan fingerprint density at radius 3 is 1.90 bits per heavy atom. The van der Waals surface area contributed by atoms with Crippen LogP contribution in [-0.4, -0.2) is 146 Å². The molecule has 73 heavy (non-hydrogen) atoms. The molecule has 3 aliphatic rings. The molecule has 3 atom stereocenters. The number of halogens is 1. The van der Waals surface area contributed by atoms with Crippen molar-refractivity contribution in [1.82, 2.24) is 19.9 Å². The van der Waals surface area contributed by atoms with E-state index in [9.17, 15) is 9.59 Å². The Labute approximate surface area is 447 Å². The third-order valence-electron chi connectivity index (χ3n) is 13.3. The van der Waals surface area contributed by atoms with Gasteiger partial charge in [0.2, 0.25) is 0 Å². The minimum absolute atomic E-state index is 0.0266. The molecule has 8 bridgehead atoms. The number of fused-ring (bicyclic) bond motifs is 8. The summed E-state index contributed by atoms with van der Waals surface area (Å²) >= 11 is 0.822. The summed E-state index contributed by atoms with van der Waals surface area (Å²) in [5.41, 5.74) is 13.3. The molecule has 2 radical (unpaired) electrons. The number of aryl methyl sites for hydroxylation is 2. The van der Waals surface area contributed by atoms with Crippen molar-refractivity contribution in [2.45, 2.75) is 91.8 Å². The topological polar surface area (TPSA) is 180 Å². The number of carbonyl (C=O) groups is 2. The third-order valence-corrected chi connectivity index (χ3v) is 13.3. The first-order valence-electron chi connectivity index (χ1n) is 24.9. The SMILES string of the molecule is CCC1=C(C)c2cc3[n-]c(cc4nc(c5c6[n-]c(cc1n2)c(C)c6C(=O)C5)[C@@H](CCC(=O)OC)[C@@H]4C)c(C)c3C(C)OCc1cc(OCCOCCOCCOC)cc(OCCOCCOCCOC)c1.[Cl][In]. The van der Waals surface area contributed by atoms with Crippen LogP contribution in [0.15, 0.2) is 36.4 Å². The number of methoxy groups -OCH3 is 3. The van der Waals surface area contributed by atoms with E-state index in [1.165, 1.54) is 7.11 Å². The van der Waals surface area contributed by atoms with Crippen molar-refractivity contribution in [2.24, 2.45) is 0 Å². The molecular formula is C55H70ClInN4O12-2. The quantitative estimate of drug-likeness (QED) is 0.0388. The molecule has 0 N–H and O–H groups in total. The van der Waals surface area contributed by atoms with Crippen molar-refractivity contribution in [2.75, 3.05) is 101 Å². The molecule has 3 aromatic heterocycles. The molecule has 0 spiro atoms. The number of ketones is 1. The van der Waals surface area contributed by atoms with Crippen molar-refractivity contribution in [3.05, 3.63) is 92.6 Å². The number of carbonyl (C=O) groups excluding carboxylic acids is 2. The maximum atomic E-state index is 13.8. The van der Waals surface area contributed by atoms with Crippen LogP contribution in [0.3, 0.4) is 0 Å². The molecule has 0 saturated heterocycles. The molecule has 1 aliphatic carbocycles. The monoisotopic (exact) mass is 1130 g/mol. The van der Waals surface area contributed by atoms with Gasteiger partial charge in [-0.3, -0.25) is 14.6 Å². The van der Waals surface area contributed by atoms with Crippen LogP contribution in [-0.2, 0) is 55.7 Å². The van der Waals surface area contributed by atoms with E-state index in [2.05, 4.69) is 33.8 Å². The molecule has 1 aromatic carbocycles. The van der Waals surface area contributed by atoms with Crippen LogP contribution in [0.4, 0.5) is 0 Å². The zero-order chi connectivity index (χ0) is 52.4. The van der Waals surface area contributed by atoms with Gasteiger partial charge in [-0.25, -0.2) is 4.98 Å². The Kier molecular flexibility index (Phi) is 23.1. The summed E-state index contributed by atoms with van der Waals surface area (Å²) in [6.45, 7) is 18.0. The van der Waals surface area contributed by atoms with E-state index in [0.29, 0.717) is 108 Å². The number of Topliss-reactive ketones (excluding diaryl/α,β-unsaturated/α-hetero) is 1. The van der Waals surface area contributed by atoms with Gasteiger partial charge in [-0.15, -0.1) is 22.1 Å². The number of ether oxygens (including phenoxy) is 10. The molecular weight excluding hydrogens is 1060 g/mol.